The maximum atomic E-state index is 11.7. The third-order valence-electron chi connectivity index (χ3n) is 3.51. The number of pyridine rings is 1. The molecule has 1 aromatic carbocycles. The second kappa shape index (κ2) is 6.26. The van der Waals surface area contributed by atoms with Crippen LogP contribution < -0.4 is 10.2 Å². The van der Waals surface area contributed by atoms with Crippen molar-refractivity contribution in [2.24, 2.45) is 0 Å². The van der Waals surface area contributed by atoms with Crippen LogP contribution in [0.5, 0.6) is 0 Å². The SMILES string of the molecule is O=C1CCCN1c1ccc(NCc2ccc(Br)cn2)cc1. The van der Waals surface area contributed by atoms with Crippen molar-refractivity contribution in [3.8, 4) is 0 Å². The zero-order chi connectivity index (χ0) is 14.7. The number of hydrogen-bond acceptors (Lipinski definition) is 3. The number of carbonyl (C=O) groups excluding carboxylic acids is 1. The molecule has 1 saturated heterocycles. The van der Waals surface area contributed by atoms with Crippen LogP contribution in [0.2, 0.25) is 0 Å². The van der Waals surface area contributed by atoms with Crippen molar-refractivity contribution in [1.29, 1.82) is 0 Å². The smallest absolute Gasteiger partial charge is 0.227 e. The van der Waals surface area contributed by atoms with E-state index < -0.39 is 0 Å². The molecule has 2 heterocycles. The number of benzene rings is 1. The fraction of sp³-hybridized carbons (Fsp3) is 0.250. The lowest BCUT2D eigenvalue weighted by atomic mass is 10.2. The molecule has 2 aromatic rings. The molecule has 4 nitrogen and oxygen atoms in total. The van der Waals surface area contributed by atoms with Gasteiger partial charge in [-0.15, -0.1) is 0 Å². The average molecular weight is 346 g/mol. The van der Waals surface area contributed by atoms with E-state index in [0.29, 0.717) is 13.0 Å². The Balaban J connectivity index is 1.62. The molecule has 0 radical (unpaired) electrons. The predicted octanol–water partition coefficient (Wildman–Crippen LogP) is 3.58. The van der Waals surface area contributed by atoms with E-state index in [1.54, 1.807) is 6.20 Å². The van der Waals surface area contributed by atoms with Crippen molar-refractivity contribution in [1.82, 2.24) is 4.98 Å². The first-order valence-electron chi connectivity index (χ1n) is 6.97. The quantitative estimate of drug-likeness (QED) is 0.920. The van der Waals surface area contributed by atoms with E-state index in [1.807, 2.05) is 41.3 Å². The maximum Gasteiger partial charge on any atom is 0.227 e. The Bertz CT molecular complexity index is 625. The van der Waals surface area contributed by atoms with Gasteiger partial charge in [0.2, 0.25) is 5.91 Å². The molecule has 3 rings (SSSR count). The van der Waals surface area contributed by atoms with Gasteiger partial charge in [0.05, 0.1) is 12.2 Å². The van der Waals surface area contributed by atoms with Gasteiger partial charge < -0.3 is 10.2 Å². The van der Waals surface area contributed by atoms with E-state index in [-0.39, 0.29) is 5.91 Å². The van der Waals surface area contributed by atoms with Gasteiger partial charge in [-0.25, -0.2) is 0 Å². The van der Waals surface area contributed by atoms with Crippen LogP contribution in [-0.4, -0.2) is 17.4 Å². The van der Waals surface area contributed by atoms with Crippen LogP contribution in [0.1, 0.15) is 18.5 Å². The maximum absolute atomic E-state index is 11.7. The minimum absolute atomic E-state index is 0.217. The molecule has 0 saturated carbocycles. The number of carbonyl (C=O) groups is 1. The van der Waals surface area contributed by atoms with Gasteiger partial charge in [-0.05, 0) is 58.7 Å². The summed E-state index contributed by atoms with van der Waals surface area (Å²) in [5.74, 6) is 0.217. The lowest BCUT2D eigenvalue weighted by Gasteiger charge is -2.16. The van der Waals surface area contributed by atoms with E-state index in [2.05, 4.69) is 26.2 Å². The third-order valence-corrected chi connectivity index (χ3v) is 3.98. The van der Waals surface area contributed by atoms with Gasteiger partial charge in [-0.3, -0.25) is 9.78 Å². The molecule has 0 unspecified atom stereocenters. The number of nitrogens with zero attached hydrogens (tertiary/aromatic N) is 2. The molecule has 1 fully saturated rings. The minimum atomic E-state index is 0.217. The fourth-order valence-electron chi connectivity index (χ4n) is 2.38. The first kappa shape index (κ1) is 14.1. The zero-order valence-electron chi connectivity index (χ0n) is 11.6. The Morgan fingerprint density at radius 1 is 1.19 bits per heavy atom. The van der Waals surface area contributed by atoms with Crippen molar-refractivity contribution >= 4 is 33.2 Å². The van der Waals surface area contributed by atoms with Crippen LogP contribution in [0.25, 0.3) is 0 Å². The summed E-state index contributed by atoms with van der Waals surface area (Å²) in [7, 11) is 0. The second-order valence-corrected chi connectivity index (χ2v) is 5.93. The van der Waals surface area contributed by atoms with Crippen molar-refractivity contribution in [2.75, 3.05) is 16.8 Å². The largest absolute Gasteiger partial charge is 0.379 e. The summed E-state index contributed by atoms with van der Waals surface area (Å²) >= 11 is 3.37. The molecular formula is C16H16BrN3O. The number of anilines is 2. The zero-order valence-corrected chi connectivity index (χ0v) is 13.1. The van der Waals surface area contributed by atoms with E-state index >= 15 is 0 Å². The van der Waals surface area contributed by atoms with Gasteiger partial charge in [-0.2, -0.15) is 0 Å². The molecule has 0 bridgehead atoms. The van der Waals surface area contributed by atoms with E-state index in [4.69, 9.17) is 0 Å². The van der Waals surface area contributed by atoms with Gasteiger partial charge in [-0.1, -0.05) is 0 Å². The summed E-state index contributed by atoms with van der Waals surface area (Å²) < 4.78 is 0.978. The minimum Gasteiger partial charge on any atom is -0.379 e. The van der Waals surface area contributed by atoms with Gasteiger partial charge in [0.1, 0.15) is 0 Å². The predicted molar refractivity (Wildman–Crippen MR) is 87.3 cm³/mol. The van der Waals surface area contributed by atoms with Crippen molar-refractivity contribution in [2.45, 2.75) is 19.4 Å². The number of rotatable bonds is 4. The van der Waals surface area contributed by atoms with Crippen molar-refractivity contribution in [3.63, 3.8) is 0 Å². The molecule has 0 spiro atoms. The first-order valence-corrected chi connectivity index (χ1v) is 7.76. The van der Waals surface area contributed by atoms with Crippen LogP contribution in [-0.2, 0) is 11.3 Å². The second-order valence-electron chi connectivity index (χ2n) is 5.02. The Morgan fingerprint density at radius 3 is 2.62 bits per heavy atom. The molecule has 1 amide bonds. The highest BCUT2D eigenvalue weighted by Crippen LogP contribution is 2.23. The highest BCUT2D eigenvalue weighted by atomic mass is 79.9. The number of amides is 1. The first-order chi connectivity index (χ1) is 10.2. The van der Waals surface area contributed by atoms with Gasteiger partial charge in [0.25, 0.3) is 0 Å². The van der Waals surface area contributed by atoms with E-state index in [9.17, 15) is 4.79 Å². The fourth-order valence-corrected chi connectivity index (χ4v) is 2.62. The molecule has 1 aromatic heterocycles. The van der Waals surface area contributed by atoms with Gasteiger partial charge in [0.15, 0.2) is 0 Å². The van der Waals surface area contributed by atoms with Crippen LogP contribution in [0.15, 0.2) is 47.1 Å². The van der Waals surface area contributed by atoms with E-state index in [0.717, 1.165) is 34.5 Å². The molecule has 21 heavy (non-hydrogen) atoms. The normalized spacial score (nSPS) is 14.5. The molecule has 1 N–H and O–H groups in total. The number of hydrogen-bond donors (Lipinski definition) is 1. The van der Waals surface area contributed by atoms with Crippen LogP contribution in [0, 0.1) is 0 Å². The molecule has 5 heteroatoms. The summed E-state index contributed by atoms with van der Waals surface area (Å²) in [6.07, 6.45) is 3.41. The highest BCUT2D eigenvalue weighted by molar-refractivity contribution is 9.10. The van der Waals surface area contributed by atoms with E-state index in [1.165, 1.54) is 0 Å². The molecule has 0 atom stereocenters. The molecule has 0 aliphatic carbocycles. The Kier molecular flexibility index (Phi) is 4.20. The number of aromatic nitrogens is 1. The van der Waals surface area contributed by atoms with Crippen molar-refractivity contribution < 1.29 is 4.79 Å². The summed E-state index contributed by atoms with van der Waals surface area (Å²) in [5.41, 5.74) is 2.98. The topological polar surface area (TPSA) is 45.2 Å². The Morgan fingerprint density at radius 2 is 2.00 bits per heavy atom. The Hall–Kier alpha value is -1.88. The molecule has 108 valence electrons. The highest BCUT2D eigenvalue weighted by Gasteiger charge is 2.21. The van der Waals surface area contributed by atoms with Gasteiger partial charge >= 0.3 is 0 Å². The monoisotopic (exact) mass is 345 g/mol. The van der Waals surface area contributed by atoms with Crippen molar-refractivity contribution in [3.05, 3.63) is 52.8 Å². The average Bonchev–Trinajstić information content (AvgIpc) is 2.93. The molecular weight excluding hydrogens is 330 g/mol. The van der Waals surface area contributed by atoms with Crippen LogP contribution in [0.3, 0.4) is 0 Å². The van der Waals surface area contributed by atoms with Crippen LogP contribution in [0.4, 0.5) is 11.4 Å². The third kappa shape index (κ3) is 3.42. The Labute approximate surface area is 132 Å². The number of halogens is 1. The lowest BCUT2D eigenvalue weighted by molar-refractivity contribution is -0.117. The van der Waals surface area contributed by atoms with Crippen LogP contribution >= 0.6 is 15.9 Å². The molecule has 1 aliphatic heterocycles. The standard InChI is InChI=1S/C16H16BrN3O/c17-12-3-4-14(18-10-12)11-19-13-5-7-15(8-6-13)20-9-1-2-16(20)21/h3-8,10,19H,1-2,9,11H2. The lowest BCUT2D eigenvalue weighted by Crippen LogP contribution is -2.23. The summed E-state index contributed by atoms with van der Waals surface area (Å²) in [4.78, 5) is 17.9. The summed E-state index contributed by atoms with van der Waals surface area (Å²) in [5, 5.41) is 3.33. The molecule has 1 aliphatic rings. The number of nitrogens with one attached hydrogen (secondary N) is 1. The summed E-state index contributed by atoms with van der Waals surface area (Å²) in [6, 6.07) is 11.9. The summed E-state index contributed by atoms with van der Waals surface area (Å²) in [6.45, 7) is 1.50. The van der Waals surface area contributed by atoms with Gasteiger partial charge in [0, 0.05) is 35.0 Å².